The van der Waals surface area contributed by atoms with Gasteiger partial charge < -0.3 is 20.1 Å². The molecule has 38 heavy (non-hydrogen) atoms. The van der Waals surface area contributed by atoms with Crippen molar-refractivity contribution in [1.82, 2.24) is 10.6 Å². The second-order valence-electron chi connectivity index (χ2n) is 10.6. The lowest BCUT2D eigenvalue weighted by Gasteiger charge is -2.08. The molecular weight excluding hydrogens is 500 g/mol. The first kappa shape index (κ1) is 34.1. The molecule has 1 rings (SSSR count). The van der Waals surface area contributed by atoms with Gasteiger partial charge in [0.25, 0.3) is 0 Å². The van der Waals surface area contributed by atoms with Crippen LogP contribution in [-0.4, -0.2) is 42.2 Å². The van der Waals surface area contributed by atoms with E-state index in [0.717, 1.165) is 25.7 Å². The Morgan fingerprint density at radius 1 is 0.737 bits per heavy atom. The number of unbranched alkanes of at least 4 members (excludes halogenated alkanes) is 17. The van der Waals surface area contributed by atoms with Gasteiger partial charge in [-0.05, 0) is 38.4 Å². The number of ether oxygens (including phenoxy) is 2. The summed E-state index contributed by atoms with van der Waals surface area (Å²) in [5.41, 5.74) is 0.474. The number of thiocarbonyl (C=S) groups is 1. The molecule has 7 nitrogen and oxygen atoms in total. The van der Waals surface area contributed by atoms with Crippen LogP contribution in [-0.2, 0) is 23.9 Å². The topological polar surface area (TPSA) is 93.7 Å². The van der Waals surface area contributed by atoms with Gasteiger partial charge >= 0.3 is 11.9 Å². The molecule has 1 unspecified atom stereocenters. The highest BCUT2D eigenvalue weighted by molar-refractivity contribution is 7.80. The Balaban J connectivity index is 1.71. The van der Waals surface area contributed by atoms with Crippen LogP contribution in [0.15, 0.2) is 12.2 Å². The van der Waals surface area contributed by atoms with Crippen molar-refractivity contribution < 1.29 is 23.9 Å². The van der Waals surface area contributed by atoms with Crippen molar-refractivity contribution in [2.75, 3.05) is 13.2 Å². The second-order valence-corrected chi connectivity index (χ2v) is 11.0. The Bertz CT molecular complexity index is 713. The van der Waals surface area contributed by atoms with Gasteiger partial charge in [-0.3, -0.25) is 9.59 Å². The molecule has 2 N–H and O–H groups in total. The monoisotopic (exact) mass is 552 g/mol. The Morgan fingerprint density at radius 2 is 1.13 bits per heavy atom. The molecule has 1 heterocycles. The summed E-state index contributed by atoms with van der Waals surface area (Å²) in [7, 11) is 0. The predicted octanol–water partition coefficient (Wildman–Crippen LogP) is 6.82. The van der Waals surface area contributed by atoms with E-state index in [1.165, 1.54) is 89.9 Å². The molecule has 0 aliphatic carbocycles. The van der Waals surface area contributed by atoms with Crippen molar-refractivity contribution in [3.05, 3.63) is 12.2 Å². The van der Waals surface area contributed by atoms with Gasteiger partial charge in [0, 0.05) is 12.0 Å². The minimum Gasteiger partial charge on any atom is -0.466 e. The van der Waals surface area contributed by atoms with Crippen molar-refractivity contribution >= 4 is 35.2 Å². The number of hydrogen-bond acceptors (Lipinski definition) is 6. The van der Waals surface area contributed by atoms with Gasteiger partial charge in [0.15, 0.2) is 5.11 Å². The number of hydrogen-bond donors (Lipinski definition) is 2. The van der Waals surface area contributed by atoms with Crippen LogP contribution in [0.1, 0.15) is 135 Å². The zero-order valence-electron chi connectivity index (χ0n) is 23.8. The van der Waals surface area contributed by atoms with Gasteiger partial charge in [-0.1, -0.05) is 109 Å². The van der Waals surface area contributed by atoms with E-state index in [0.29, 0.717) is 30.3 Å². The van der Waals surface area contributed by atoms with Gasteiger partial charge in [-0.2, -0.15) is 0 Å². The van der Waals surface area contributed by atoms with Gasteiger partial charge in [0.05, 0.1) is 13.2 Å². The van der Waals surface area contributed by atoms with E-state index in [1.807, 2.05) is 0 Å². The molecule has 1 saturated heterocycles. The minimum atomic E-state index is -0.416. The maximum Gasteiger partial charge on any atom is 0.333 e. The van der Waals surface area contributed by atoms with Crippen molar-refractivity contribution in [3.8, 4) is 0 Å². The Hall–Kier alpha value is -1.96. The third-order valence-electron chi connectivity index (χ3n) is 6.88. The molecule has 1 fully saturated rings. The molecule has 0 saturated carbocycles. The molecule has 0 aromatic heterocycles. The fraction of sp³-hybridized carbons (Fsp3) is 0.800. The molecule has 0 bridgehead atoms. The van der Waals surface area contributed by atoms with Crippen LogP contribution in [0.5, 0.6) is 0 Å². The van der Waals surface area contributed by atoms with E-state index in [2.05, 4.69) is 17.2 Å². The predicted molar refractivity (Wildman–Crippen MR) is 157 cm³/mol. The van der Waals surface area contributed by atoms with Crippen LogP contribution in [0.4, 0.5) is 0 Å². The quantitative estimate of drug-likeness (QED) is 0.0555. The van der Waals surface area contributed by atoms with Crippen LogP contribution >= 0.6 is 12.2 Å². The summed E-state index contributed by atoms with van der Waals surface area (Å²) in [6.07, 6.45) is 23.1. The highest BCUT2D eigenvalue weighted by Gasteiger charge is 2.27. The average Bonchev–Trinajstić information content (AvgIpc) is 3.21. The number of nitrogens with one attached hydrogen (secondary N) is 2. The molecule has 0 aromatic carbocycles. The number of carbonyl (C=O) groups is 3. The second kappa shape index (κ2) is 23.0. The molecular formula is C30H52N2O5S. The van der Waals surface area contributed by atoms with Crippen LogP contribution < -0.4 is 10.6 Å². The van der Waals surface area contributed by atoms with Crippen LogP contribution in [0.3, 0.4) is 0 Å². The van der Waals surface area contributed by atoms with Crippen LogP contribution in [0, 0.1) is 0 Å². The summed E-state index contributed by atoms with van der Waals surface area (Å²) >= 11 is 4.88. The van der Waals surface area contributed by atoms with E-state index in [9.17, 15) is 14.4 Å². The summed E-state index contributed by atoms with van der Waals surface area (Å²) < 4.78 is 10.4. The zero-order chi connectivity index (χ0) is 27.8. The fourth-order valence-electron chi connectivity index (χ4n) is 4.50. The first-order valence-electron chi connectivity index (χ1n) is 15.0. The van der Waals surface area contributed by atoms with Gasteiger partial charge in [0.1, 0.15) is 6.04 Å². The fourth-order valence-corrected chi connectivity index (χ4v) is 4.75. The van der Waals surface area contributed by atoms with Crippen LogP contribution in [0.25, 0.3) is 0 Å². The minimum absolute atomic E-state index is 0.171. The summed E-state index contributed by atoms with van der Waals surface area (Å²) in [5.74, 6) is -0.690. The van der Waals surface area contributed by atoms with Crippen LogP contribution in [0.2, 0.25) is 0 Å². The van der Waals surface area contributed by atoms with Crippen molar-refractivity contribution in [1.29, 1.82) is 0 Å². The standard InChI is InChI=1S/C30H52N2O5S/c1-25(2)29(35)37-24-20-18-16-14-12-10-8-6-4-3-5-7-9-11-13-15-17-19-23-36-27(33)22-21-26-28(34)32-30(38)31-26/h26H,1,3-24H2,2H3,(H2,31,32,34,38). The van der Waals surface area contributed by atoms with Crippen molar-refractivity contribution in [3.63, 3.8) is 0 Å². The summed E-state index contributed by atoms with van der Waals surface area (Å²) in [5, 5.41) is 5.70. The maximum atomic E-state index is 11.8. The highest BCUT2D eigenvalue weighted by Crippen LogP contribution is 2.14. The highest BCUT2D eigenvalue weighted by atomic mass is 32.1. The third kappa shape index (κ3) is 19.2. The molecule has 8 heteroatoms. The van der Waals surface area contributed by atoms with Crippen molar-refractivity contribution in [2.45, 2.75) is 141 Å². The first-order valence-corrected chi connectivity index (χ1v) is 15.4. The SMILES string of the molecule is C=C(C)C(=O)OCCCCCCCCCCCCCCCCCCCCOC(=O)CCC1NC(=S)NC1=O. The summed E-state index contributed by atoms with van der Waals surface area (Å²) in [4.78, 5) is 34.6. The Kier molecular flexibility index (Phi) is 20.6. The number of rotatable bonds is 25. The lowest BCUT2D eigenvalue weighted by atomic mass is 10.0. The maximum absolute atomic E-state index is 11.8. The molecule has 1 amide bonds. The lowest BCUT2D eigenvalue weighted by molar-refractivity contribution is -0.144. The Labute approximate surface area is 236 Å². The number of esters is 2. The molecule has 0 aromatic rings. The molecule has 1 aliphatic heterocycles. The molecule has 1 atom stereocenters. The largest absolute Gasteiger partial charge is 0.466 e. The molecule has 218 valence electrons. The van der Waals surface area contributed by atoms with Crippen molar-refractivity contribution in [2.24, 2.45) is 0 Å². The van der Waals surface area contributed by atoms with Gasteiger partial charge in [-0.15, -0.1) is 0 Å². The average molecular weight is 553 g/mol. The number of carbonyl (C=O) groups excluding carboxylic acids is 3. The normalized spacial score (nSPS) is 14.7. The van der Waals surface area contributed by atoms with E-state index < -0.39 is 6.04 Å². The Morgan fingerprint density at radius 3 is 1.50 bits per heavy atom. The smallest absolute Gasteiger partial charge is 0.333 e. The number of amides is 1. The van der Waals surface area contributed by atoms with Gasteiger partial charge in [0.2, 0.25) is 5.91 Å². The lowest BCUT2D eigenvalue weighted by Crippen LogP contribution is -2.29. The summed E-state index contributed by atoms with van der Waals surface area (Å²) in [6, 6.07) is -0.416. The van der Waals surface area contributed by atoms with Gasteiger partial charge in [-0.25, -0.2) is 4.79 Å². The summed E-state index contributed by atoms with van der Waals surface area (Å²) in [6.45, 7) is 6.25. The van der Waals surface area contributed by atoms with E-state index in [-0.39, 0.29) is 24.3 Å². The first-order chi connectivity index (χ1) is 18.4. The van der Waals surface area contributed by atoms with E-state index in [1.54, 1.807) is 6.92 Å². The zero-order valence-corrected chi connectivity index (χ0v) is 24.6. The molecule has 0 spiro atoms. The molecule has 1 aliphatic rings. The third-order valence-corrected chi connectivity index (χ3v) is 7.10. The van der Waals surface area contributed by atoms with E-state index in [4.69, 9.17) is 21.7 Å². The van der Waals surface area contributed by atoms with E-state index >= 15 is 0 Å². The molecule has 0 radical (unpaired) electrons.